The molecular formula is C19H19P. The van der Waals surface area contributed by atoms with Crippen molar-refractivity contribution in [1.82, 2.24) is 0 Å². The fraction of sp³-hybridized carbons (Fsp3) is 0.211. The van der Waals surface area contributed by atoms with E-state index in [1.807, 2.05) is 0 Å². The van der Waals surface area contributed by atoms with E-state index in [1.54, 1.807) is 5.29 Å². The summed E-state index contributed by atoms with van der Waals surface area (Å²) in [6.07, 6.45) is 0. The standard InChI is InChI=1S/C19H19P/c1-19(2,3)18-16(14-10-6-4-7-11-14)17(20-18)15-12-8-5-9-13-15/h4-13H,1-3H3. The summed E-state index contributed by atoms with van der Waals surface area (Å²) in [4.78, 5) is 0. The van der Waals surface area contributed by atoms with Gasteiger partial charge in [0.1, 0.15) is 0 Å². The van der Waals surface area contributed by atoms with Crippen molar-refractivity contribution in [2.75, 3.05) is 0 Å². The first-order valence-electron chi connectivity index (χ1n) is 7.02. The molecule has 0 radical (unpaired) electrons. The van der Waals surface area contributed by atoms with Crippen molar-refractivity contribution >= 4 is 24.4 Å². The molecule has 1 heterocycles. The average Bonchev–Trinajstić information content (AvgIpc) is 2.38. The van der Waals surface area contributed by atoms with Crippen LogP contribution in [0.4, 0.5) is 0 Å². The number of rotatable bonds is 2. The van der Waals surface area contributed by atoms with E-state index >= 15 is 0 Å². The van der Waals surface area contributed by atoms with Crippen molar-refractivity contribution in [3.8, 4) is 0 Å². The molecule has 2 aromatic carbocycles. The largest absolute Gasteiger partial charge is 0.0624 e. The Morgan fingerprint density at radius 1 is 0.700 bits per heavy atom. The van der Waals surface area contributed by atoms with Gasteiger partial charge in [-0.25, -0.2) is 0 Å². The second kappa shape index (κ2) is 5.04. The van der Waals surface area contributed by atoms with Crippen LogP contribution in [0.15, 0.2) is 60.7 Å². The molecule has 0 unspecified atom stereocenters. The predicted molar refractivity (Wildman–Crippen MR) is 91.1 cm³/mol. The zero-order valence-electron chi connectivity index (χ0n) is 12.2. The number of hydrogen-bond donors (Lipinski definition) is 0. The molecule has 0 saturated heterocycles. The lowest BCUT2D eigenvalue weighted by Crippen LogP contribution is -2.24. The van der Waals surface area contributed by atoms with Crippen LogP contribution in [0.5, 0.6) is 0 Å². The molecule has 20 heavy (non-hydrogen) atoms. The van der Waals surface area contributed by atoms with E-state index in [0.717, 1.165) is 0 Å². The monoisotopic (exact) mass is 278 g/mol. The number of benzene rings is 2. The Labute approximate surface area is 123 Å². The van der Waals surface area contributed by atoms with E-state index in [9.17, 15) is 0 Å². The SMILES string of the molecule is CC(C)(C)C1=PC(c2ccccc2)=C1c1ccccc1. The quantitative estimate of drug-likeness (QED) is 0.615. The molecule has 0 aliphatic carbocycles. The van der Waals surface area contributed by atoms with Crippen molar-refractivity contribution in [1.29, 1.82) is 0 Å². The maximum Gasteiger partial charge on any atom is 0.0178 e. The Kier molecular flexibility index (Phi) is 3.36. The second-order valence-electron chi connectivity index (χ2n) is 6.17. The van der Waals surface area contributed by atoms with Gasteiger partial charge in [-0.05, 0) is 21.8 Å². The topological polar surface area (TPSA) is 0 Å². The van der Waals surface area contributed by atoms with Gasteiger partial charge in [-0.15, -0.1) is 0 Å². The van der Waals surface area contributed by atoms with Crippen molar-refractivity contribution in [2.45, 2.75) is 20.8 Å². The summed E-state index contributed by atoms with van der Waals surface area (Å²) < 4.78 is 0. The van der Waals surface area contributed by atoms with Crippen molar-refractivity contribution in [2.24, 2.45) is 5.41 Å². The molecule has 1 aliphatic heterocycles. The summed E-state index contributed by atoms with van der Waals surface area (Å²) in [5, 5.41) is 3.00. The van der Waals surface area contributed by atoms with E-state index in [1.165, 1.54) is 30.2 Å². The third kappa shape index (κ3) is 2.37. The Morgan fingerprint density at radius 2 is 1.20 bits per heavy atom. The summed E-state index contributed by atoms with van der Waals surface area (Å²) in [5.41, 5.74) is 4.37. The van der Waals surface area contributed by atoms with Gasteiger partial charge in [-0.3, -0.25) is 0 Å². The zero-order chi connectivity index (χ0) is 14.2. The van der Waals surface area contributed by atoms with Crippen LogP contribution in [0, 0.1) is 5.41 Å². The molecule has 0 amide bonds. The van der Waals surface area contributed by atoms with Gasteiger partial charge in [-0.2, -0.15) is 0 Å². The molecular weight excluding hydrogens is 259 g/mol. The highest BCUT2D eigenvalue weighted by Crippen LogP contribution is 2.51. The number of hydrogen-bond acceptors (Lipinski definition) is 0. The van der Waals surface area contributed by atoms with Crippen LogP contribution in [-0.4, -0.2) is 5.29 Å². The Bertz CT molecular complexity index is 671. The van der Waals surface area contributed by atoms with Crippen LogP contribution < -0.4 is 0 Å². The van der Waals surface area contributed by atoms with Gasteiger partial charge in [0.15, 0.2) is 0 Å². The summed E-state index contributed by atoms with van der Waals surface area (Å²) in [7, 11) is 1.38. The van der Waals surface area contributed by atoms with E-state index in [2.05, 4.69) is 81.4 Å². The first-order valence-corrected chi connectivity index (χ1v) is 7.91. The average molecular weight is 278 g/mol. The van der Waals surface area contributed by atoms with Gasteiger partial charge in [0.05, 0.1) is 0 Å². The van der Waals surface area contributed by atoms with E-state index in [-0.39, 0.29) is 5.41 Å². The molecule has 0 bridgehead atoms. The minimum atomic E-state index is 0.227. The van der Waals surface area contributed by atoms with E-state index in [4.69, 9.17) is 0 Å². The van der Waals surface area contributed by atoms with Gasteiger partial charge in [0.2, 0.25) is 0 Å². The smallest absolute Gasteiger partial charge is 0.0178 e. The molecule has 0 fully saturated rings. The summed E-state index contributed by atoms with van der Waals surface area (Å²) >= 11 is 0. The second-order valence-corrected chi connectivity index (χ2v) is 7.28. The lowest BCUT2D eigenvalue weighted by atomic mass is 9.83. The third-order valence-corrected chi connectivity index (χ3v) is 5.34. The highest BCUT2D eigenvalue weighted by atomic mass is 31.1. The minimum Gasteiger partial charge on any atom is -0.0624 e. The molecule has 2 aromatic rings. The van der Waals surface area contributed by atoms with Crippen LogP contribution >= 0.6 is 8.20 Å². The molecule has 0 spiro atoms. The Morgan fingerprint density at radius 3 is 1.70 bits per heavy atom. The zero-order valence-corrected chi connectivity index (χ0v) is 13.1. The fourth-order valence-corrected chi connectivity index (χ4v) is 3.88. The first-order chi connectivity index (χ1) is 9.57. The molecule has 1 heteroatoms. The van der Waals surface area contributed by atoms with Crippen LogP contribution in [-0.2, 0) is 0 Å². The molecule has 0 saturated carbocycles. The fourth-order valence-electron chi connectivity index (χ4n) is 2.51. The van der Waals surface area contributed by atoms with Gasteiger partial charge >= 0.3 is 0 Å². The molecule has 100 valence electrons. The van der Waals surface area contributed by atoms with Crippen LogP contribution in [0.1, 0.15) is 31.9 Å². The van der Waals surface area contributed by atoms with Crippen molar-refractivity contribution in [3.05, 3.63) is 71.8 Å². The van der Waals surface area contributed by atoms with Gasteiger partial charge in [0, 0.05) is 10.9 Å². The summed E-state index contributed by atoms with van der Waals surface area (Å²) in [5.74, 6) is 0. The van der Waals surface area contributed by atoms with Gasteiger partial charge in [-0.1, -0.05) is 89.6 Å². The minimum absolute atomic E-state index is 0.227. The Balaban J connectivity index is 2.11. The summed E-state index contributed by atoms with van der Waals surface area (Å²) in [6.45, 7) is 6.92. The molecule has 1 aliphatic rings. The molecule has 3 rings (SSSR count). The van der Waals surface area contributed by atoms with Gasteiger partial charge in [0.25, 0.3) is 0 Å². The molecule has 0 aromatic heterocycles. The molecule has 0 N–H and O–H groups in total. The van der Waals surface area contributed by atoms with Crippen LogP contribution in [0.3, 0.4) is 0 Å². The van der Waals surface area contributed by atoms with Crippen molar-refractivity contribution < 1.29 is 0 Å². The Hall–Kier alpha value is -1.65. The molecule has 0 atom stereocenters. The van der Waals surface area contributed by atoms with Gasteiger partial charge < -0.3 is 0 Å². The first kappa shape index (κ1) is 13.3. The van der Waals surface area contributed by atoms with Crippen LogP contribution in [0.2, 0.25) is 0 Å². The third-order valence-electron chi connectivity index (χ3n) is 3.52. The molecule has 0 nitrogen and oxygen atoms in total. The maximum absolute atomic E-state index is 2.31. The number of allylic oxidation sites excluding steroid dienone is 1. The normalized spacial score (nSPS) is 15.7. The van der Waals surface area contributed by atoms with E-state index in [0.29, 0.717) is 0 Å². The maximum atomic E-state index is 2.31. The highest BCUT2D eigenvalue weighted by Gasteiger charge is 2.31. The van der Waals surface area contributed by atoms with Crippen molar-refractivity contribution in [3.63, 3.8) is 0 Å². The lowest BCUT2D eigenvalue weighted by Gasteiger charge is -2.33. The predicted octanol–water partition coefficient (Wildman–Crippen LogP) is 5.73. The van der Waals surface area contributed by atoms with Crippen LogP contribution in [0.25, 0.3) is 10.9 Å². The lowest BCUT2D eigenvalue weighted by molar-refractivity contribution is 0.604. The highest BCUT2D eigenvalue weighted by molar-refractivity contribution is 7.58. The summed E-state index contributed by atoms with van der Waals surface area (Å²) in [6, 6.07) is 21.5. The van der Waals surface area contributed by atoms with E-state index < -0.39 is 0 Å².